The van der Waals surface area contributed by atoms with E-state index in [2.05, 4.69) is 33.9 Å². The van der Waals surface area contributed by atoms with E-state index >= 15 is 0 Å². The van der Waals surface area contributed by atoms with Gasteiger partial charge < -0.3 is 4.43 Å². The fourth-order valence-electron chi connectivity index (χ4n) is 4.23. The van der Waals surface area contributed by atoms with Crippen molar-refractivity contribution < 1.29 is 9.22 Å². The van der Waals surface area contributed by atoms with Gasteiger partial charge in [0.25, 0.3) is 0 Å². The maximum absolute atomic E-state index is 11.8. The van der Waals surface area contributed by atoms with Gasteiger partial charge in [-0.05, 0) is 61.9 Å². The smallest absolute Gasteiger partial charge is 0.171 e. The quantitative estimate of drug-likeness (QED) is 0.709. The number of hydrogen-bond acceptors (Lipinski definition) is 2. The Labute approximate surface area is 126 Å². The fourth-order valence-corrected chi connectivity index (χ4v) is 5.27. The van der Waals surface area contributed by atoms with Crippen molar-refractivity contribution in [1.29, 1.82) is 0 Å². The van der Waals surface area contributed by atoms with Gasteiger partial charge in [-0.15, -0.1) is 0 Å². The second-order valence-electron chi connectivity index (χ2n) is 8.42. The van der Waals surface area contributed by atoms with Crippen LogP contribution in [0.5, 0.6) is 0 Å². The first-order valence-corrected chi connectivity index (χ1v) is 11.2. The Hall–Kier alpha value is -0.153. The van der Waals surface area contributed by atoms with Crippen LogP contribution in [0.3, 0.4) is 0 Å². The third-order valence-corrected chi connectivity index (χ3v) is 6.51. The van der Waals surface area contributed by atoms with Crippen LogP contribution in [0.4, 0.5) is 0 Å². The van der Waals surface area contributed by atoms with E-state index in [0.29, 0.717) is 23.0 Å². The summed E-state index contributed by atoms with van der Waals surface area (Å²) in [5, 5.41) is 0. The molecule has 2 fully saturated rings. The van der Waals surface area contributed by atoms with Crippen LogP contribution in [-0.4, -0.2) is 20.9 Å². The van der Waals surface area contributed by atoms with Crippen LogP contribution in [0.25, 0.3) is 0 Å². The molecule has 0 amide bonds. The number of ketones is 1. The van der Waals surface area contributed by atoms with Crippen molar-refractivity contribution in [2.75, 3.05) is 0 Å². The maximum Gasteiger partial charge on any atom is 0.171 e. The van der Waals surface area contributed by atoms with E-state index in [9.17, 15) is 4.79 Å². The van der Waals surface area contributed by atoms with Crippen molar-refractivity contribution in [3.63, 3.8) is 0 Å². The molecular formula is C17H32O2Si. The van der Waals surface area contributed by atoms with Crippen molar-refractivity contribution in [2.45, 2.75) is 84.9 Å². The molecule has 0 radical (unpaired) electrons. The standard InChI is InChI=1S/C17H32O2Si/c1-16(2,3)13-6-9-17(10-7-13)11-8-14(18)12-15(17)19-20(4)5/h13,15,20H,6-12H2,1-5H3. The van der Waals surface area contributed by atoms with Gasteiger partial charge >= 0.3 is 0 Å². The Balaban J connectivity index is 2.07. The van der Waals surface area contributed by atoms with Gasteiger partial charge in [0.15, 0.2) is 9.04 Å². The lowest BCUT2D eigenvalue weighted by Gasteiger charge is -2.50. The summed E-state index contributed by atoms with van der Waals surface area (Å²) in [7, 11) is -1.07. The van der Waals surface area contributed by atoms with E-state index in [1.54, 1.807) is 0 Å². The molecule has 0 saturated heterocycles. The van der Waals surface area contributed by atoms with Crippen LogP contribution in [0.15, 0.2) is 0 Å². The van der Waals surface area contributed by atoms with Gasteiger partial charge in [0.05, 0.1) is 6.10 Å². The first kappa shape index (κ1) is 16.2. The molecule has 1 unspecified atom stereocenters. The summed E-state index contributed by atoms with van der Waals surface area (Å²) >= 11 is 0. The van der Waals surface area contributed by atoms with Crippen LogP contribution in [-0.2, 0) is 9.22 Å². The van der Waals surface area contributed by atoms with Crippen molar-refractivity contribution in [3.05, 3.63) is 0 Å². The minimum absolute atomic E-state index is 0.233. The van der Waals surface area contributed by atoms with Crippen LogP contribution in [0.1, 0.15) is 65.7 Å². The highest BCUT2D eigenvalue weighted by Crippen LogP contribution is 2.52. The predicted octanol–water partition coefficient (Wildman–Crippen LogP) is 4.33. The van der Waals surface area contributed by atoms with Gasteiger partial charge in [-0.1, -0.05) is 20.8 Å². The Morgan fingerprint density at radius 1 is 1.15 bits per heavy atom. The molecule has 0 aliphatic heterocycles. The summed E-state index contributed by atoms with van der Waals surface area (Å²) in [5.74, 6) is 1.26. The van der Waals surface area contributed by atoms with E-state index in [1.807, 2.05) is 0 Å². The zero-order chi connectivity index (χ0) is 15.0. The Morgan fingerprint density at radius 2 is 1.75 bits per heavy atom. The Bertz CT molecular complexity index is 348. The Morgan fingerprint density at radius 3 is 2.25 bits per heavy atom. The molecule has 2 aliphatic rings. The SMILES string of the molecule is C[SiH](C)OC1CC(=O)CCC12CCC(C(C)(C)C)CC2. The van der Waals surface area contributed by atoms with Crippen molar-refractivity contribution in [2.24, 2.45) is 16.7 Å². The number of carbonyl (C=O) groups is 1. The summed E-state index contributed by atoms with van der Waals surface area (Å²) in [6, 6.07) is 0. The van der Waals surface area contributed by atoms with Gasteiger partial charge in [-0.2, -0.15) is 0 Å². The molecule has 20 heavy (non-hydrogen) atoms. The zero-order valence-corrected chi connectivity index (χ0v) is 15.2. The molecule has 0 bridgehead atoms. The molecule has 2 nitrogen and oxygen atoms in total. The van der Waals surface area contributed by atoms with Crippen LogP contribution >= 0.6 is 0 Å². The molecule has 1 atom stereocenters. The highest BCUT2D eigenvalue weighted by Gasteiger charge is 2.47. The van der Waals surface area contributed by atoms with Crippen molar-refractivity contribution in [3.8, 4) is 0 Å². The molecule has 2 aliphatic carbocycles. The lowest BCUT2D eigenvalue weighted by Crippen LogP contribution is -2.47. The van der Waals surface area contributed by atoms with Crippen molar-refractivity contribution >= 4 is 14.8 Å². The second kappa shape index (κ2) is 5.92. The topological polar surface area (TPSA) is 26.3 Å². The minimum Gasteiger partial charge on any atom is -0.417 e. The van der Waals surface area contributed by atoms with Crippen LogP contribution in [0.2, 0.25) is 13.1 Å². The number of Topliss-reactive ketones (excluding diaryl/α,β-unsaturated/α-hetero) is 1. The average Bonchev–Trinajstić information content (AvgIpc) is 2.33. The molecule has 0 aromatic carbocycles. The largest absolute Gasteiger partial charge is 0.417 e. The lowest BCUT2D eigenvalue weighted by molar-refractivity contribution is -0.130. The lowest BCUT2D eigenvalue weighted by atomic mass is 9.58. The highest BCUT2D eigenvalue weighted by molar-refractivity contribution is 6.48. The summed E-state index contributed by atoms with van der Waals surface area (Å²) in [4.78, 5) is 11.8. The van der Waals surface area contributed by atoms with Crippen LogP contribution < -0.4 is 0 Å². The third-order valence-electron chi connectivity index (χ3n) is 5.64. The molecule has 2 saturated carbocycles. The molecule has 0 heterocycles. The normalized spacial score (nSPS) is 35.8. The van der Waals surface area contributed by atoms with Gasteiger partial charge in [-0.25, -0.2) is 0 Å². The van der Waals surface area contributed by atoms with E-state index in [4.69, 9.17) is 4.43 Å². The first-order chi connectivity index (χ1) is 9.23. The molecule has 1 spiro atoms. The fraction of sp³-hybridized carbons (Fsp3) is 0.941. The van der Waals surface area contributed by atoms with Gasteiger partial charge in [0.2, 0.25) is 0 Å². The monoisotopic (exact) mass is 296 g/mol. The number of hydrogen-bond donors (Lipinski definition) is 0. The molecule has 3 heteroatoms. The third kappa shape index (κ3) is 3.54. The van der Waals surface area contributed by atoms with Gasteiger partial charge in [-0.3, -0.25) is 4.79 Å². The summed E-state index contributed by atoms with van der Waals surface area (Å²) in [6.07, 6.45) is 7.96. The molecule has 0 N–H and O–H groups in total. The highest BCUT2D eigenvalue weighted by atomic mass is 28.3. The van der Waals surface area contributed by atoms with Gasteiger partial charge in [0.1, 0.15) is 5.78 Å². The molecular weight excluding hydrogens is 264 g/mol. The maximum atomic E-state index is 11.8. The summed E-state index contributed by atoms with van der Waals surface area (Å²) < 4.78 is 6.29. The van der Waals surface area contributed by atoms with E-state index in [-0.39, 0.29) is 6.10 Å². The second-order valence-corrected chi connectivity index (χ2v) is 10.8. The molecule has 0 aromatic rings. The zero-order valence-electron chi connectivity index (χ0n) is 14.0. The molecule has 116 valence electrons. The van der Waals surface area contributed by atoms with Gasteiger partial charge in [0, 0.05) is 12.8 Å². The minimum atomic E-state index is -1.07. The average molecular weight is 297 g/mol. The van der Waals surface area contributed by atoms with Crippen LogP contribution in [0, 0.1) is 16.7 Å². The molecule has 0 aromatic heterocycles. The number of carbonyl (C=O) groups excluding carboxylic acids is 1. The van der Waals surface area contributed by atoms with Crippen molar-refractivity contribution in [1.82, 2.24) is 0 Å². The predicted molar refractivity (Wildman–Crippen MR) is 86.5 cm³/mol. The first-order valence-electron chi connectivity index (χ1n) is 8.40. The summed E-state index contributed by atoms with van der Waals surface area (Å²) in [6.45, 7) is 11.6. The van der Waals surface area contributed by atoms with E-state index < -0.39 is 9.04 Å². The van der Waals surface area contributed by atoms with E-state index in [0.717, 1.165) is 18.8 Å². The molecule has 2 rings (SSSR count). The summed E-state index contributed by atoms with van der Waals surface area (Å²) in [5.41, 5.74) is 0.752. The Kier molecular flexibility index (Phi) is 4.80. The van der Waals surface area contributed by atoms with E-state index in [1.165, 1.54) is 25.7 Å². The number of rotatable bonds is 2.